The summed E-state index contributed by atoms with van der Waals surface area (Å²) in [6, 6.07) is 15.9. The number of carboxylic acid groups (broad SMARTS) is 1. The summed E-state index contributed by atoms with van der Waals surface area (Å²) in [5.74, 6) is 0.888. The van der Waals surface area contributed by atoms with Gasteiger partial charge in [-0.1, -0.05) is 31.5 Å². The minimum absolute atomic E-state index is 0.00760. The molecule has 0 saturated carbocycles. The van der Waals surface area contributed by atoms with Crippen LogP contribution in [0.15, 0.2) is 77.3 Å². The number of methoxy groups -OCH3 is 2. The molecule has 1 aromatic heterocycles. The molecule has 1 aliphatic rings. The molecule has 252 valence electrons. The number of sulfonamides is 1. The smallest absolute Gasteiger partial charge is 0.331 e. The van der Waals surface area contributed by atoms with Crippen LogP contribution < -0.4 is 23.7 Å². The molecule has 0 atom stereocenters. The van der Waals surface area contributed by atoms with Crippen molar-refractivity contribution in [1.29, 1.82) is 0 Å². The number of unbranched alkanes of at least 4 members (excludes halogenated alkanes) is 1. The molecule has 4 aromatic rings. The Morgan fingerprint density at radius 1 is 1.04 bits per heavy atom. The second-order valence-corrected chi connectivity index (χ2v) is 12.5. The Labute approximate surface area is 277 Å². The van der Waals surface area contributed by atoms with Gasteiger partial charge in [0.2, 0.25) is 13.2 Å². The van der Waals surface area contributed by atoms with E-state index in [4.69, 9.17) is 23.7 Å². The number of hydrogen-bond acceptors (Lipinski definition) is 10. The maximum absolute atomic E-state index is 13.2. The van der Waals surface area contributed by atoms with E-state index in [0.29, 0.717) is 56.2 Å². The van der Waals surface area contributed by atoms with Gasteiger partial charge in [0.25, 0.3) is 10.0 Å². The quantitative estimate of drug-likeness (QED) is 0.0969. The van der Waals surface area contributed by atoms with Crippen LogP contribution >= 0.6 is 0 Å². The van der Waals surface area contributed by atoms with Gasteiger partial charge in [0.15, 0.2) is 18.2 Å². The number of carbonyl (C=O) groups excluding carboxylic acids is 1. The lowest BCUT2D eigenvalue weighted by atomic mass is 9.99. The SMILES string of the molecule is CCCCn1ncc(C=C(Cc2cc3c(cc2OC)OCO3)C(=O)O)c1-c1ccc(OC)cc1OCN(C=O)S(=O)(=O)c1ccccc1. The van der Waals surface area contributed by atoms with Gasteiger partial charge in [0, 0.05) is 47.4 Å². The van der Waals surface area contributed by atoms with Crippen molar-refractivity contribution < 1.29 is 46.8 Å². The molecule has 0 aliphatic carbocycles. The van der Waals surface area contributed by atoms with Crippen molar-refractivity contribution in [3.63, 3.8) is 0 Å². The number of nitrogens with zero attached hydrogens (tertiary/aromatic N) is 3. The van der Waals surface area contributed by atoms with E-state index in [9.17, 15) is 23.1 Å². The molecular formula is C34H35N3O10S. The van der Waals surface area contributed by atoms with Crippen LogP contribution in [0.2, 0.25) is 0 Å². The Hall–Kier alpha value is -5.50. The van der Waals surface area contributed by atoms with Crippen LogP contribution in [0.25, 0.3) is 17.3 Å². The van der Waals surface area contributed by atoms with Crippen molar-refractivity contribution in [2.45, 2.75) is 37.6 Å². The number of carbonyl (C=O) groups is 2. The lowest BCUT2D eigenvalue weighted by Gasteiger charge is -2.20. The van der Waals surface area contributed by atoms with Crippen molar-refractivity contribution in [1.82, 2.24) is 14.1 Å². The lowest BCUT2D eigenvalue weighted by molar-refractivity contribution is -0.132. The Bertz CT molecular complexity index is 1920. The summed E-state index contributed by atoms with van der Waals surface area (Å²) in [5, 5.41) is 14.9. The fraction of sp³-hybridized carbons (Fsp3) is 0.265. The van der Waals surface area contributed by atoms with Gasteiger partial charge < -0.3 is 28.8 Å². The van der Waals surface area contributed by atoms with Crippen molar-refractivity contribution in [3.05, 3.63) is 83.6 Å². The highest BCUT2D eigenvalue weighted by Crippen LogP contribution is 2.40. The average Bonchev–Trinajstić information content (AvgIpc) is 3.73. The van der Waals surface area contributed by atoms with Crippen LogP contribution in [0.3, 0.4) is 0 Å². The highest BCUT2D eigenvalue weighted by atomic mass is 32.2. The molecule has 0 unspecified atom stereocenters. The van der Waals surface area contributed by atoms with Gasteiger partial charge in [0.05, 0.1) is 31.0 Å². The van der Waals surface area contributed by atoms with Gasteiger partial charge in [-0.25, -0.2) is 17.5 Å². The van der Waals surface area contributed by atoms with Gasteiger partial charge in [0.1, 0.15) is 17.2 Å². The molecule has 14 heteroatoms. The second kappa shape index (κ2) is 14.9. The van der Waals surface area contributed by atoms with Crippen LogP contribution in [-0.2, 0) is 32.6 Å². The summed E-state index contributed by atoms with van der Waals surface area (Å²) >= 11 is 0. The first kappa shape index (κ1) is 33.9. The Kier molecular flexibility index (Phi) is 10.5. The first-order valence-electron chi connectivity index (χ1n) is 15.0. The van der Waals surface area contributed by atoms with Crippen molar-refractivity contribution in [3.8, 4) is 40.0 Å². The van der Waals surface area contributed by atoms with E-state index in [-0.39, 0.29) is 35.8 Å². The molecule has 3 aromatic carbocycles. The minimum atomic E-state index is -4.21. The second-order valence-electron chi connectivity index (χ2n) is 10.6. The normalized spacial score (nSPS) is 12.4. The number of benzene rings is 3. The van der Waals surface area contributed by atoms with E-state index < -0.39 is 22.7 Å². The standard InChI is InChI=1S/C34H35N3O10S/c1-4-5-13-37-33(25(19-35-37)15-24(34(39)40)14-23-16-31-32(47-22-46-31)18-29(23)44-3)28-12-11-26(43-2)17-30(28)45-21-36(20-38)48(41,42)27-9-7-6-8-10-27/h6-12,15-20H,4-5,13-14,21-22H2,1-3H3,(H,39,40). The van der Waals surface area contributed by atoms with E-state index in [1.54, 1.807) is 59.4 Å². The third-order valence-corrected chi connectivity index (χ3v) is 9.29. The zero-order valence-electron chi connectivity index (χ0n) is 26.6. The van der Waals surface area contributed by atoms with E-state index in [2.05, 4.69) is 5.10 Å². The molecule has 48 heavy (non-hydrogen) atoms. The van der Waals surface area contributed by atoms with E-state index >= 15 is 0 Å². The number of carboxylic acids is 1. The van der Waals surface area contributed by atoms with Crippen molar-refractivity contribution >= 4 is 28.5 Å². The summed E-state index contributed by atoms with van der Waals surface area (Å²) < 4.78 is 56.5. The Morgan fingerprint density at radius 2 is 1.79 bits per heavy atom. The number of hydrogen-bond donors (Lipinski definition) is 1. The zero-order valence-corrected chi connectivity index (χ0v) is 27.4. The van der Waals surface area contributed by atoms with Gasteiger partial charge in [-0.05, 0) is 42.8 Å². The predicted molar refractivity (Wildman–Crippen MR) is 175 cm³/mol. The molecule has 2 heterocycles. The number of aliphatic carboxylic acids is 1. The van der Waals surface area contributed by atoms with Crippen molar-refractivity contribution in [2.24, 2.45) is 0 Å². The highest BCUT2D eigenvalue weighted by Gasteiger charge is 2.26. The average molecular weight is 678 g/mol. The van der Waals surface area contributed by atoms with E-state index in [0.717, 1.165) is 12.8 Å². The van der Waals surface area contributed by atoms with Gasteiger partial charge >= 0.3 is 5.97 Å². The third kappa shape index (κ3) is 7.23. The molecule has 0 bridgehead atoms. The summed E-state index contributed by atoms with van der Waals surface area (Å²) in [4.78, 5) is 24.5. The Balaban J connectivity index is 1.56. The number of aryl methyl sites for hydroxylation is 1. The molecule has 1 N–H and O–H groups in total. The van der Waals surface area contributed by atoms with E-state index in [1.807, 2.05) is 6.92 Å². The topological polar surface area (TPSA) is 156 Å². The van der Waals surface area contributed by atoms with Crippen LogP contribution in [0.5, 0.6) is 28.7 Å². The number of fused-ring (bicyclic) bond motifs is 1. The molecule has 0 fully saturated rings. The summed E-state index contributed by atoms with van der Waals surface area (Å²) in [6.07, 6.45) is 4.92. The molecule has 0 saturated heterocycles. The molecular weight excluding hydrogens is 642 g/mol. The largest absolute Gasteiger partial charge is 0.497 e. The monoisotopic (exact) mass is 677 g/mol. The highest BCUT2D eigenvalue weighted by molar-refractivity contribution is 7.89. The van der Waals surface area contributed by atoms with Crippen molar-refractivity contribution in [2.75, 3.05) is 27.7 Å². The summed E-state index contributed by atoms with van der Waals surface area (Å²) in [5.41, 5.74) is 2.10. The van der Waals surface area contributed by atoms with Crippen LogP contribution in [-0.4, -0.2) is 67.7 Å². The number of rotatable bonds is 16. The van der Waals surface area contributed by atoms with Crippen LogP contribution in [0, 0.1) is 0 Å². The minimum Gasteiger partial charge on any atom is -0.497 e. The summed E-state index contributed by atoms with van der Waals surface area (Å²) in [6.45, 7) is 1.96. The molecule has 5 rings (SSSR count). The number of amides is 1. The predicted octanol–water partition coefficient (Wildman–Crippen LogP) is 4.99. The molecule has 1 aliphatic heterocycles. The number of aromatic nitrogens is 2. The maximum Gasteiger partial charge on any atom is 0.331 e. The van der Waals surface area contributed by atoms with E-state index in [1.165, 1.54) is 32.4 Å². The Morgan fingerprint density at radius 3 is 2.46 bits per heavy atom. The third-order valence-electron chi connectivity index (χ3n) is 7.61. The zero-order chi connectivity index (χ0) is 34.3. The summed E-state index contributed by atoms with van der Waals surface area (Å²) in [7, 11) is -1.25. The fourth-order valence-corrected chi connectivity index (χ4v) is 6.19. The first-order valence-corrected chi connectivity index (χ1v) is 16.4. The molecule has 13 nitrogen and oxygen atoms in total. The van der Waals surface area contributed by atoms with Gasteiger partial charge in [-0.2, -0.15) is 5.10 Å². The molecule has 0 spiro atoms. The molecule has 1 amide bonds. The fourth-order valence-electron chi connectivity index (χ4n) is 5.11. The molecule has 0 radical (unpaired) electrons. The van der Waals surface area contributed by atoms with Gasteiger partial charge in [-0.3, -0.25) is 9.48 Å². The number of ether oxygens (including phenoxy) is 5. The first-order chi connectivity index (χ1) is 23.2. The van der Waals surface area contributed by atoms with Gasteiger partial charge in [-0.15, -0.1) is 0 Å². The van der Waals surface area contributed by atoms with Crippen LogP contribution in [0.1, 0.15) is 30.9 Å². The maximum atomic E-state index is 13.2. The van der Waals surface area contributed by atoms with Crippen LogP contribution in [0.4, 0.5) is 0 Å². The lowest BCUT2D eigenvalue weighted by Crippen LogP contribution is -2.33.